The molecule has 0 spiro atoms. The van der Waals surface area contributed by atoms with Gasteiger partial charge in [0, 0.05) is 12.0 Å². The van der Waals surface area contributed by atoms with Crippen LogP contribution in [0.1, 0.15) is 40.7 Å². The maximum atomic E-state index is 13.5. The molecule has 1 aromatic carbocycles. The highest BCUT2D eigenvalue weighted by atomic mass is 19.3. The van der Waals surface area contributed by atoms with E-state index in [9.17, 15) is 13.6 Å². The van der Waals surface area contributed by atoms with Gasteiger partial charge in [0.1, 0.15) is 0 Å². The predicted molar refractivity (Wildman–Crippen MR) is 54.7 cm³/mol. The van der Waals surface area contributed by atoms with E-state index in [1.165, 1.54) is 25.3 Å². The number of alkyl halides is 2. The van der Waals surface area contributed by atoms with Crippen LogP contribution in [0.3, 0.4) is 0 Å². The molecule has 1 aromatic rings. The van der Waals surface area contributed by atoms with Gasteiger partial charge in [-0.15, -0.1) is 0 Å². The summed E-state index contributed by atoms with van der Waals surface area (Å²) < 4.78 is 31.5. The molecule has 4 heteroatoms. The first-order chi connectivity index (χ1) is 7.45. The second-order valence-electron chi connectivity index (χ2n) is 4.10. The van der Waals surface area contributed by atoms with Gasteiger partial charge in [-0.05, 0) is 23.6 Å². The molecule has 0 amide bonds. The standard InChI is InChI=1S/C12H12F2O2/c1-7-6-12(13,14)10-4-3-8(5-9(7)10)11(15)16-2/h3-5,7H,6H2,1-2H3/t7-/m0/s1. The smallest absolute Gasteiger partial charge is 0.337 e. The van der Waals surface area contributed by atoms with E-state index in [4.69, 9.17) is 0 Å². The molecule has 0 saturated carbocycles. The van der Waals surface area contributed by atoms with Gasteiger partial charge in [-0.2, -0.15) is 0 Å². The van der Waals surface area contributed by atoms with Crippen LogP contribution in [0.15, 0.2) is 18.2 Å². The highest BCUT2D eigenvalue weighted by Gasteiger charge is 2.43. The molecular formula is C12H12F2O2. The molecule has 16 heavy (non-hydrogen) atoms. The Morgan fingerprint density at radius 1 is 1.50 bits per heavy atom. The van der Waals surface area contributed by atoms with E-state index in [0.717, 1.165) is 0 Å². The normalized spacial score (nSPS) is 21.6. The van der Waals surface area contributed by atoms with Gasteiger partial charge in [-0.3, -0.25) is 0 Å². The summed E-state index contributed by atoms with van der Waals surface area (Å²) in [6, 6.07) is 4.22. The molecular weight excluding hydrogens is 214 g/mol. The van der Waals surface area contributed by atoms with Gasteiger partial charge < -0.3 is 4.74 Å². The van der Waals surface area contributed by atoms with Crippen molar-refractivity contribution in [3.05, 3.63) is 34.9 Å². The summed E-state index contributed by atoms with van der Waals surface area (Å²) in [4.78, 5) is 11.3. The highest BCUT2D eigenvalue weighted by molar-refractivity contribution is 5.89. The first-order valence-electron chi connectivity index (χ1n) is 5.06. The van der Waals surface area contributed by atoms with Crippen LogP contribution in [0.25, 0.3) is 0 Å². The maximum absolute atomic E-state index is 13.5. The molecule has 2 rings (SSSR count). The molecule has 86 valence electrons. The molecule has 1 aliphatic rings. The van der Waals surface area contributed by atoms with Crippen LogP contribution in [0, 0.1) is 0 Å². The molecule has 0 N–H and O–H groups in total. The Hall–Kier alpha value is -1.45. The van der Waals surface area contributed by atoms with Gasteiger partial charge in [-0.25, -0.2) is 13.6 Å². The number of benzene rings is 1. The number of hydrogen-bond donors (Lipinski definition) is 0. The number of halogens is 2. The highest BCUT2D eigenvalue weighted by Crippen LogP contribution is 2.48. The molecule has 0 saturated heterocycles. The Kier molecular flexibility index (Phi) is 2.45. The largest absolute Gasteiger partial charge is 0.465 e. The lowest BCUT2D eigenvalue weighted by Crippen LogP contribution is -2.08. The van der Waals surface area contributed by atoms with E-state index in [1.54, 1.807) is 6.92 Å². The van der Waals surface area contributed by atoms with Crippen molar-refractivity contribution in [2.45, 2.75) is 25.2 Å². The summed E-state index contributed by atoms with van der Waals surface area (Å²) in [6.45, 7) is 1.74. The lowest BCUT2D eigenvalue weighted by atomic mass is 10.0. The topological polar surface area (TPSA) is 26.3 Å². The summed E-state index contributed by atoms with van der Waals surface area (Å²) in [5, 5.41) is 0. The molecule has 0 aliphatic heterocycles. The molecule has 0 aromatic heterocycles. The van der Waals surface area contributed by atoms with Crippen LogP contribution in [-0.4, -0.2) is 13.1 Å². The van der Waals surface area contributed by atoms with E-state index >= 15 is 0 Å². The average molecular weight is 226 g/mol. The minimum Gasteiger partial charge on any atom is -0.465 e. The van der Waals surface area contributed by atoms with E-state index in [1.807, 2.05) is 0 Å². The quantitative estimate of drug-likeness (QED) is 0.688. The van der Waals surface area contributed by atoms with Crippen LogP contribution < -0.4 is 0 Å². The van der Waals surface area contributed by atoms with Crippen molar-refractivity contribution < 1.29 is 18.3 Å². The third kappa shape index (κ3) is 1.58. The van der Waals surface area contributed by atoms with E-state index in [2.05, 4.69) is 4.74 Å². The predicted octanol–water partition coefficient (Wildman–Crippen LogP) is 3.07. The Balaban J connectivity index is 2.48. The first-order valence-corrected chi connectivity index (χ1v) is 5.06. The average Bonchev–Trinajstić information content (AvgIpc) is 2.48. The monoisotopic (exact) mass is 226 g/mol. The maximum Gasteiger partial charge on any atom is 0.337 e. The van der Waals surface area contributed by atoms with Gasteiger partial charge in [0.05, 0.1) is 12.7 Å². The van der Waals surface area contributed by atoms with E-state index in [0.29, 0.717) is 11.1 Å². The minimum absolute atomic E-state index is 0.0349. The lowest BCUT2D eigenvalue weighted by molar-refractivity contribution is -0.00578. The number of hydrogen-bond acceptors (Lipinski definition) is 2. The molecule has 0 heterocycles. The Labute approximate surface area is 92.2 Å². The van der Waals surface area contributed by atoms with Gasteiger partial charge in [0.25, 0.3) is 5.92 Å². The minimum atomic E-state index is -2.77. The van der Waals surface area contributed by atoms with Crippen molar-refractivity contribution >= 4 is 5.97 Å². The van der Waals surface area contributed by atoms with Crippen LogP contribution in [0.5, 0.6) is 0 Å². The number of carbonyl (C=O) groups excluding carboxylic acids is 1. The van der Waals surface area contributed by atoms with E-state index < -0.39 is 11.9 Å². The second kappa shape index (κ2) is 3.54. The van der Waals surface area contributed by atoms with Crippen molar-refractivity contribution in [1.82, 2.24) is 0 Å². The van der Waals surface area contributed by atoms with Crippen molar-refractivity contribution in [3.8, 4) is 0 Å². The zero-order valence-electron chi connectivity index (χ0n) is 9.09. The van der Waals surface area contributed by atoms with Crippen LogP contribution in [0.4, 0.5) is 8.78 Å². The lowest BCUT2D eigenvalue weighted by Gasteiger charge is -2.09. The molecule has 1 aliphatic carbocycles. The van der Waals surface area contributed by atoms with Crippen LogP contribution >= 0.6 is 0 Å². The van der Waals surface area contributed by atoms with Gasteiger partial charge in [0.2, 0.25) is 0 Å². The SMILES string of the molecule is COC(=O)c1ccc2c(c1)[C@@H](C)CC2(F)F. The van der Waals surface area contributed by atoms with Crippen LogP contribution in [0.2, 0.25) is 0 Å². The fourth-order valence-electron chi connectivity index (χ4n) is 2.15. The second-order valence-corrected chi connectivity index (χ2v) is 4.10. The molecule has 0 bridgehead atoms. The Morgan fingerprint density at radius 2 is 2.19 bits per heavy atom. The third-order valence-corrected chi connectivity index (χ3v) is 2.96. The fourth-order valence-corrected chi connectivity index (χ4v) is 2.15. The number of methoxy groups -OCH3 is 1. The van der Waals surface area contributed by atoms with Crippen molar-refractivity contribution in [3.63, 3.8) is 0 Å². The first kappa shape index (κ1) is 11.0. The molecule has 2 nitrogen and oxygen atoms in total. The number of ether oxygens (including phenoxy) is 1. The number of fused-ring (bicyclic) bond motifs is 1. The summed E-state index contributed by atoms with van der Waals surface area (Å²) in [6.07, 6.45) is -0.188. The van der Waals surface area contributed by atoms with Crippen molar-refractivity contribution in [2.75, 3.05) is 7.11 Å². The summed E-state index contributed by atoms with van der Waals surface area (Å²) in [5.74, 6) is -3.50. The van der Waals surface area contributed by atoms with Gasteiger partial charge in [-0.1, -0.05) is 13.0 Å². The van der Waals surface area contributed by atoms with E-state index in [-0.39, 0.29) is 17.9 Å². The third-order valence-electron chi connectivity index (χ3n) is 2.96. The number of esters is 1. The molecule has 0 radical (unpaired) electrons. The fraction of sp³-hybridized carbons (Fsp3) is 0.417. The van der Waals surface area contributed by atoms with Crippen LogP contribution in [-0.2, 0) is 10.7 Å². The van der Waals surface area contributed by atoms with Gasteiger partial charge >= 0.3 is 5.97 Å². The molecule has 0 unspecified atom stereocenters. The summed E-state index contributed by atoms with van der Waals surface area (Å²) in [7, 11) is 1.27. The van der Waals surface area contributed by atoms with Crippen molar-refractivity contribution in [1.29, 1.82) is 0 Å². The number of carbonyl (C=O) groups is 1. The number of rotatable bonds is 1. The summed E-state index contributed by atoms with van der Waals surface area (Å²) >= 11 is 0. The Bertz CT molecular complexity index is 441. The zero-order valence-corrected chi connectivity index (χ0v) is 9.09. The molecule has 1 atom stereocenters. The van der Waals surface area contributed by atoms with Crippen molar-refractivity contribution in [2.24, 2.45) is 0 Å². The Morgan fingerprint density at radius 3 is 2.81 bits per heavy atom. The molecule has 0 fully saturated rings. The summed E-state index contributed by atoms with van der Waals surface area (Å²) in [5.41, 5.74) is 0.909. The van der Waals surface area contributed by atoms with Gasteiger partial charge in [0.15, 0.2) is 0 Å². The zero-order chi connectivity index (χ0) is 11.9.